The third-order valence-corrected chi connectivity index (χ3v) is 7.39. The van der Waals surface area contributed by atoms with Crippen molar-refractivity contribution in [1.82, 2.24) is 35.0 Å². The standard InChI is InChI=1S/C21H24N8O/c1-14-25-26-27-29(14)18-4-2-3-17(6-18)24-19(30)20-7-15-5-16(8-20)10-21(9-15,11-20)28-13-22-12-23-28/h2-4,6,12-13,15-16H,5,7-11H2,1H3,(H,24,30). The number of hydrogen-bond acceptors (Lipinski definition) is 6. The van der Waals surface area contributed by atoms with Gasteiger partial charge in [-0.3, -0.25) is 4.79 Å². The summed E-state index contributed by atoms with van der Waals surface area (Å²) in [6.07, 6.45) is 9.67. The highest BCUT2D eigenvalue weighted by Gasteiger charge is 2.61. The lowest BCUT2D eigenvalue weighted by molar-refractivity contribution is -0.150. The van der Waals surface area contributed by atoms with E-state index in [2.05, 4.69) is 30.9 Å². The van der Waals surface area contributed by atoms with E-state index in [-0.39, 0.29) is 16.9 Å². The Hall–Kier alpha value is -3.10. The molecule has 4 saturated carbocycles. The summed E-state index contributed by atoms with van der Waals surface area (Å²) in [5.74, 6) is 1.99. The average Bonchev–Trinajstić information content (AvgIpc) is 3.39. The number of hydrogen-bond donors (Lipinski definition) is 1. The minimum absolute atomic E-state index is 0.0662. The van der Waals surface area contributed by atoms with Crippen molar-refractivity contribution in [3.8, 4) is 5.69 Å². The van der Waals surface area contributed by atoms with Crippen LogP contribution in [-0.4, -0.2) is 40.9 Å². The van der Waals surface area contributed by atoms with E-state index in [0.717, 1.165) is 43.5 Å². The summed E-state index contributed by atoms with van der Waals surface area (Å²) in [6, 6.07) is 7.70. The predicted molar refractivity (Wildman–Crippen MR) is 108 cm³/mol. The molecule has 4 bridgehead atoms. The van der Waals surface area contributed by atoms with E-state index >= 15 is 0 Å². The van der Waals surface area contributed by atoms with Gasteiger partial charge < -0.3 is 5.32 Å². The van der Waals surface area contributed by atoms with Crippen molar-refractivity contribution in [1.29, 1.82) is 0 Å². The highest BCUT2D eigenvalue weighted by atomic mass is 16.2. The average molecular weight is 404 g/mol. The molecule has 0 saturated heterocycles. The van der Waals surface area contributed by atoms with Crippen molar-refractivity contribution < 1.29 is 4.79 Å². The van der Waals surface area contributed by atoms with Gasteiger partial charge >= 0.3 is 0 Å². The van der Waals surface area contributed by atoms with E-state index in [4.69, 9.17) is 0 Å². The van der Waals surface area contributed by atoms with Crippen molar-refractivity contribution in [3.05, 3.63) is 42.7 Å². The third kappa shape index (κ3) is 2.60. The van der Waals surface area contributed by atoms with Crippen molar-refractivity contribution >= 4 is 11.6 Å². The molecule has 0 radical (unpaired) electrons. The van der Waals surface area contributed by atoms with Gasteiger partial charge in [-0.05, 0) is 85.9 Å². The monoisotopic (exact) mass is 404 g/mol. The van der Waals surface area contributed by atoms with Gasteiger partial charge in [0, 0.05) is 5.69 Å². The molecule has 1 aromatic carbocycles. The molecule has 2 atom stereocenters. The lowest BCUT2D eigenvalue weighted by Crippen LogP contribution is -2.60. The Morgan fingerprint density at radius 2 is 2.03 bits per heavy atom. The number of amides is 1. The van der Waals surface area contributed by atoms with Gasteiger partial charge in [0.15, 0.2) is 5.82 Å². The molecular formula is C21H24N8O. The van der Waals surface area contributed by atoms with Crippen LogP contribution in [0.2, 0.25) is 0 Å². The van der Waals surface area contributed by atoms with Crippen LogP contribution in [0.3, 0.4) is 0 Å². The molecule has 154 valence electrons. The highest BCUT2D eigenvalue weighted by Crippen LogP contribution is 2.64. The van der Waals surface area contributed by atoms with Gasteiger partial charge in [-0.2, -0.15) is 9.78 Å². The number of aryl methyl sites for hydroxylation is 1. The number of carbonyl (C=O) groups excluding carboxylic acids is 1. The van der Waals surface area contributed by atoms with Crippen LogP contribution >= 0.6 is 0 Å². The normalized spacial score (nSPS) is 31.8. The largest absolute Gasteiger partial charge is 0.326 e. The van der Waals surface area contributed by atoms with E-state index in [9.17, 15) is 4.79 Å². The van der Waals surface area contributed by atoms with E-state index < -0.39 is 0 Å². The molecule has 2 aromatic heterocycles. The zero-order valence-electron chi connectivity index (χ0n) is 16.9. The SMILES string of the molecule is Cc1nnnn1-c1cccc(NC(=O)C23CC4CC(C2)CC(n2cncn2)(C4)C3)c1. The topological polar surface area (TPSA) is 103 Å². The van der Waals surface area contributed by atoms with E-state index in [1.807, 2.05) is 42.2 Å². The summed E-state index contributed by atoms with van der Waals surface area (Å²) in [5, 5.41) is 19.4. The van der Waals surface area contributed by atoms with Crippen LogP contribution < -0.4 is 5.32 Å². The molecule has 3 aromatic rings. The number of tetrazole rings is 1. The summed E-state index contributed by atoms with van der Waals surface area (Å²) in [7, 11) is 0. The number of rotatable bonds is 4. The maximum atomic E-state index is 13.6. The Bertz CT molecular complexity index is 1090. The number of carbonyl (C=O) groups is 1. The lowest BCUT2D eigenvalue weighted by atomic mass is 9.46. The van der Waals surface area contributed by atoms with Crippen molar-refractivity contribution in [2.75, 3.05) is 5.32 Å². The number of nitrogens with one attached hydrogen (secondary N) is 1. The second kappa shape index (κ2) is 6.20. The minimum atomic E-state index is -0.337. The zero-order chi connectivity index (χ0) is 20.3. The van der Waals surface area contributed by atoms with Gasteiger partial charge in [0.2, 0.25) is 5.91 Å². The molecule has 1 amide bonds. The number of benzene rings is 1. The summed E-state index contributed by atoms with van der Waals surface area (Å²) in [6.45, 7) is 1.85. The maximum Gasteiger partial charge on any atom is 0.230 e. The van der Waals surface area contributed by atoms with Gasteiger partial charge in [-0.15, -0.1) is 5.10 Å². The molecule has 0 aliphatic heterocycles. The first-order valence-electron chi connectivity index (χ1n) is 10.6. The Kier molecular flexibility index (Phi) is 3.66. The molecule has 2 heterocycles. The molecule has 4 aliphatic carbocycles. The minimum Gasteiger partial charge on any atom is -0.326 e. The van der Waals surface area contributed by atoms with E-state index in [1.54, 1.807) is 11.0 Å². The predicted octanol–water partition coefficient (Wildman–Crippen LogP) is 2.50. The highest BCUT2D eigenvalue weighted by molar-refractivity contribution is 5.96. The van der Waals surface area contributed by atoms with Gasteiger partial charge in [0.25, 0.3) is 0 Å². The van der Waals surface area contributed by atoms with Gasteiger partial charge in [-0.1, -0.05) is 6.07 Å². The Labute approximate surface area is 173 Å². The van der Waals surface area contributed by atoms with Crippen molar-refractivity contribution in [3.63, 3.8) is 0 Å². The van der Waals surface area contributed by atoms with E-state index in [0.29, 0.717) is 17.7 Å². The van der Waals surface area contributed by atoms with Gasteiger partial charge in [0.05, 0.1) is 16.6 Å². The summed E-state index contributed by atoms with van der Waals surface area (Å²) in [4.78, 5) is 17.8. The first kappa shape index (κ1) is 17.7. The van der Waals surface area contributed by atoms with Crippen LogP contribution in [0.1, 0.15) is 44.3 Å². The number of aromatic nitrogens is 7. The number of nitrogens with zero attached hydrogens (tertiary/aromatic N) is 7. The zero-order valence-corrected chi connectivity index (χ0v) is 16.9. The quantitative estimate of drug-likeness (QED) is 0.717. The Balaban J connectivity index is 1.30. The smallest absolute Gasteiger partial charge is 0.230 e. The van der Waals surface area contributed by atoms with Crippen LogP contribution in [0.4, 0.5) is 5.69 Å². The van der Waals surface area contributed by atoms with Crippen LogP contribution in [0, 0.1) is 24.2 Å². The van der Waals surface area contributed by atoms with Gasteiger partial charge in [-0.25, -0.2) is 9.67 Å². The fourth-order valence-corrected chi connectivity index (χ4v) is 6.65. The molecule has 9 nitrogen and oxygen atoms in total. The molecule has 30 heavy (non-hydrogen) atoms. The first-order valence-corrected chi connectivity index (χ1v) is 10.6. The summed E-state index contributed by atoms with van der Waals surface area (Å²) >= 11 is 0. The van der Waals surface area contributed by atoms with Crippen molar-refractivity contribution in [2.24, 2.45) is 17.3 Å². The fraction of sp³-hybridized carbons (Fsp3) is 0.524. The molecule has 4 aliphatic rings. The van der Waals surface area contributed by atoms with E-state index in [1.165, 1.54) is 6.42 Å². The number of anilines is 1. The molecule has 9 heteroatoms. The molecule has 0 spiro atoms. The Morgan fingerprint density at radius 3 is 2.73 bits per heavy atom. The van der Waals surface area contributed by atoms with Crippen LogP contribution in [0.15, 0.2) is 36.9 Å². The summed E-state index contributed by atoms with van der Waals surface area (Å²) < 4.78 is 3.70. The molecule has 2 unspecified atom stereocenters. The van der Waals surface area contributed by atoms with Crippen LogP contribution in [-0.2, 0) is 10.3 Å². The van der Waals surface area contributed by atoms with Gasteiger partial charge in [0.1, 0.15) is 12.7 Å². The lowest BCUT2D eigenvalue weighted by Gasteiger charge is -2.60. The molecular weight excluding hydrogens is 380 g/mol. The maximum absolute atomic E-state index is 13.6. The second-order valence-corrected chi connectivity index (χ2v) is 9.45. The first-order chi connectivity index (χ1) is 14.6. The fourth-order valence-electron chi connectivity index (χ4n) is 6.65. The Morgan fingerprint density at radius 1 is 1.20 bits per heavy atom. The van der Waals surface area contributed by atoms with Crippen LogP contribution in [0.5, 0.6) is 0 Å². The molecule has 1 N–H and O–H groups in total. The summed E-state index contributed by atoms with van der Waals surface area (Å²) in [5.41, 5.74) is 1.21. The molecule has 4 fully saturated rings. The molecule has 7 rings (SSSR count). The van der Waals surface area contributed by atoms with Crippen LogP contribution in [0.25, 0.3) is 5.69 Å². The van der Waals surface area contributed by atoms with Crippen molar-refractivity contribution in [2.45, 2.75) is 51.0 Å². The third-order valence-electron chi connectivity index (χ3n) is 7.39. The second-order valence-electron chi connectivity index (χ2n) is 9.45.